The molecule has 8 heteroatoms. The number of hydrogen-bond donors (Lipinski definition) is 2. The van der Waals surface area contributed by atoms with Crippen molar-refractivity contribution in [2.75, 3.05) is 17.6 Å². The van der Waals surface area contributed by atoms with Crippen molar-refractivity contribution in [2.45, 2.75) is 4.34 Å². The quantitative estimate of drug-likeness (QED) is 0.337. The number of nitrogens with one attached hydrogen (secondary N) is 2. The number of thiazole rings is 1. The molecule has 0 spiro atoms. The van der Waals surface area contributed by atoms with Crippen LogP contribution in [-0.2, 0) is 4.79 Å². The lowest BCUT2D eigenvalue weighted by atomic mass is 10.1. The average Bonchev–Trinajstić information content (AvgIpc) is 3.14. The van der Waals surface area contributed by atoms with Crippen LogP contribution in [0.25, 0.3) is 11.3 Å². The van der Waals surface area contributed by atoms with E-state index in [-0.39, 0.29) is 17.6 Å². The number of rotatable bonds is 8. The topological polar surface area (TPSA) is 71.1 Å². The summed E-state index contributed by atoms with van der Waals surface area (Å²) < 4.78 is 1.54. The van der Waals surface area contributed by atoms with Gasteiger partial charge in [-0.15, -0.1) is 6.58 Å². The van der Waals surface area contributed by atoms with Gasteiger partial charge in [0, 0.05) is 22.1 Å². The molecule has 2 aromatic carbocycles. The molecule has 3 rings (SSSR count). The van der Waals surface area contributed by atoms with Crippen molar-refractivity contribution in [3.05, 3.63) is 77.3 Å². The van der Waals surface area contributed by atoms with Gasteiger partial charge >= 0.3 is 0 Å². The first kappa shape index (κ1) is 21.3. The fraction of sp³-hybridized carbons (Fsp3) is 0.0952. The summed E-state index contributed by atoms with van der Waals surface area (Å²) in [6.07, 6.45) is 1.63. The van der Waals surface area contributed by atoms with E-state index in [1.54, 1.807) is 18.2 Å². The van der Waals surface area contributed by atoms with E-state index in [0.717, 1.165) is 10.0 Å². The molecule has 0 atom stereocenters. The summed E-state index contributed by atoms with van der Waals surface area (Å²) in [6, 6.07) is 16.8. The van der Waals surface area contributed by atoms with Crippen LogP contribution in [0.4, 0.5) is 5.00 Å². The number of carbonyl (C=O) groups excluding carboxylic acids is 2. The Bertz CT molecular complexity index is 1020. The Morgan fingerprint density at radius 2 is 1.97 bits per heavy atom. The molecule has 29 heavy (non-hydrogen) atoms. The lowest BCUT2D eigenvalue weighted by Crippen LogP contribution is -2.24. The highest BCUT2D eigenvalue weighted by Crippen LogP contribution is 2.37. The molecule has 0 aliphatic heterocycles. The van der Waals surface area contributed by atoms with Gasteiger partial charge in [-0.2, -0.15) is 0 Å². The zero-order valence-electron chi connectivity index (χ0n) is 15.4. The van der Waals surface area contributed by atoms with Gasteiger partial charge in [-0.3, -0.25) is 9.59 Å². The third-order valence-corrected chi connectivity index (χ3v) is 6.35. The van der Waals surface area contributed by atoms with Gasteiger partial charge in [0.1, 0.15) is 10.7 Å². The first-order valence-corrected chi connectivity index (χ1v) is 11.3. The Balaban J connectivity index is 1.82. The van der Waals surface area contributed by atoms with Crippen molar-refractivity contribution in [1.29, 1.82) is 0 Å². The van der Waals surface area contributed by atoms with Gasteiger partial charge < -0.3 is 10.6 Å². The standard InChI is InChI=1S/C21H18BrN3O2S2/c1-2-11-23-17(26)13-28-21-24-18(14-7-4-3-5-8-14)20(29-21)25-19(27)15-9-6-10-16(22)12-15/h2-10,12H,1,11,13H2,(H,23,26)(H,25,27). The number of benzene rings is 2. The van der Waals surface area contributed by atoms with Gasteiger partial charge in [0.05, 0.1) is 5.75 Å². The largest absolute Gasteiger partial charge is 0.352 e. The molecule has 2 N–H and O–H groups in total. The number of hydrogen-bond acceptors (Lipinski definition) is 5. The molecule has 0 aliphatic carbocycles. The highest BCUT2D eigenvalue weighted by molar-refractivity contribution is 9.10. The van der Waals surface area contributed by atoms with Crippen LogP contribution in [0.5, 0.6) is 0 Å². The van der Waals surface area contributed by atoms with E-state index in [1.165, 1.54) is 23.1 Å². The molecule has 1 heterocycles. The summed E-state index contributed by atoms with van der Waals surface area (Å²) in [4.78, 5) is 29.2. The Morgan fingerprint density at radius 1 is 1.17 bits per heavy atom. The van der Waals surface area contributed by atoms with Crippen LogP contribution in [0.15, 0.2) is 76.1 Å². The van der Waals surface area contributed by atoms with Crippen LogP contribution in [0.3, 0.4) is 0 Å². The first-order chi connectivity index (χ1) is 14.1. The second-order valence-electron chi connectivity index (χ2n) is 5.87. The van der Waals surface area contributed by atoms with E-state index in [0.29, 0.717) is 27.1 Å². The minimum absolute atomic E-state index is 0.0916. The Labute approximate surface area is 185 Å². The number of amides is 2. The summed E-state index contributed by atoms with van der Waals surface area (Å²) >= 11 is 6.08. The number of halogens is 1. The molecule has 0 fully saturated rings. The molecule has 0 radical (unpaired) electrons. The van der Waals surface area contributed by atoms with Crippen molar-refractivity contribution < 1.29 is 9.59 Å². The summed E-state index contributed by atoms with van der Waals surface area (Å²) in [6.45, 7) is 4.01. The lowest BCUT2D eigenvalue weighted by molar-refractivity contribution is -0.118. The second kappa shape index (κ2) is 10.4. The SMILES string of the molecule is C=CCNC(=O)CSc1nc(-c2ccccc2)c(NC(=O)c2cccc(Br)c2)s1. The second-order valence-corrected chi connectivity index (χ2v) is 9.01. The maximum Gasteiger partial charge on any atom is 0.256 e. The zero-order chi connectivity index (χ0) is 20.6. The monoisotopic (exact) mass is 487 g/mol. The highest BCUT2D eigenvalue weighted by Gasteiger charge is 2.17. The van der Waals surface area contributed by atoms with Gasteiger partial charge in [-0.25, -0.2) is 4.98 Å². The van der Waals surface area contributed by atoms with E-state index in [1.807, 2.05) is 42.5 Å². The highest BCUT2D eigenvalue weighted by atomic mass is 79.9. The van der Waals surface area contributed by atoms with Crippen LogP contribution in [0.1, 0.15) is 10.4 Å². The van der Waals surface area contributed by atoms with E-state index in [2.05, 4.69) is 38.1 Å². The van der Waals surface area contributed by atoms with Crippen LogP contribution < -0.4 is 10.6 Å². The zero-order valence-corrected chi connectivity index (χ0v) is 18.6. The minimum atomic E-state index is -0.215. The third kappa shape index (κ3) is 6.03. The number of thioether (sulfide) groups is 1. The fourth-order valence-corrected chi connectivity index (χ4v) is 4.70. The number of carbonyl (C=O) groups is 2. The maximum atomic E-state index is 12.7. The molecule has 0 saturated carbocycles. The van der Waals surface area contributed by atoms with Crippen molar-refractivity contribution in [1.82, 2.24) is 10.3 Å². The summed E-state index contributed by atoms with van der Waals surface area (Å²) in [5.74, 6) is -0.0623. The smallest absolute Gasteiger partial charge is 0.256 e. The number of anilines is 1. The molecule has 0 aliphatic rings. The molecule has 3 aromatic rings. The summed E-state index contributed by atoms with van der Waals surface area (Å²) in [7, 11) is 0. The normalized spacial score (nSPS) is 10.4. The van der Waals surface area contributed by atoms with Crippen LogP contribution in [0, 0.1) is 0 Å². The molecule has 5 nitrogen and oxygen atoms in total. The van der Waals surface area contributed by atoms with Gasteiger partial charge in [-0.1, -0.05) is 81.5 Å². The van der Waals surface area contributed by atoms with Gasteiger partial charge in [0.2, 0.25) is 5.91 Å². The Morgan fingerprint density at radius 3 is 2.69 bits per heavy atom. The fourth-order valence-electron chi connectivity index (χ4n) is 2.41. The van der Waals surface area contributed by atoms with Gasteiger partial charge in [-0.05, 0) is 18.2 Å². The predicted octanol–water partition coefficient (Wildman–Crippen LogP) is 5.22. The van der Waals surface area contributed by atoms with E-state index in [4.69, 9.17) is 0 Å². The minimum Gasteiger partial charge on any atom is -0.352 e. The average molecular weight is 488 g/mol. The van der Waals surface area contributed by atoms with E-state index in [9.17, 15) is 9.59 Å². The summed E-state index contributed by atoms with van der Waals surface area (Å²) in [5, 5.41) is 6.35. The van der Waals surface area contributed by atoms with Crippen molar-refractivity contribution >= 4 is 55.8 Å². The number of nitrogens with zero attached hydrogens (tertiary/aromatic N) is 1. The Kier molecular flexibility index (Phi) is 7.62. The van der Waals surface area contributed by atoms with Crippen molar-refractivity contribution in [3.63, 3.8) is 0 Å². The molecule has 0 unspecified atom stereocenters. The summed E-state index contributed by atoms with van der Waals surface area (Å²) in [5.41, 5.74) is 2.13. The first-order valence-electron chi connectivity index (χ1n) is 8.70. The predicted molar refractivity (Wildman–Crippen MR) is 124 cm³/mol. The molecule has 148 valence electrons. The molecule has 2 amide bonds. The molecule has 1 aromatic heterocycles. The van der Waals surface area contributed by atoms with Crippen molar-refractivity contribution in [2.24, 2.45) is 0 Å². The molecular weight excluding hydrogens is 470 g/mol. The van der Waals surface area contributed by atoms with Crippen molar-refractivity contribution in [3.8, 4) is 11.3 Å². The van der Waals surface area contributed by atoms with Crippen LogP contribution in [0.2, 0.25) is 0 Å². The molecule has 0 saturated heterocycles. The molecule has 0 bridgehead atoms. The van der Waals surface area contributed by atoms with E-state index >= 15 is 0 Å². The van der Waals surface area contributed by atoms with E-state index < -0.39 is 0 Å². The van der Waals surface area contributed by atoms with Gasteiger partial charge in [0.15, 0.2) is 4.34 Å². The maximum absolute atomic E-state index is 12.7. The molecular formula is C21H18BrN3O2S2. The van der Waals surface area contributed by atoms with Gasteiger partial charge in [0.25, 0.3) is 5.91 Å². The third-order valence-electron chi connectivity index (χ3n) is 3.74. The van der Waals surface area contributed by atoms with Crippen LogP contribution in [-0.4, -0.2) is 29.1 Å². The Hall–Kier alpha value is -2.42. The lowest BCUT2D eigenvalue weighted by Gasteiger charge is -2.05. The number of aromatic nitrogens is 1. The van der Waals surface area contributed by atoms with Crippen LogP contribution >= 0.6 is 39.0 Å².